The first-order valence-corrected chi connectivity index (χ1v) is 8.30. The lowest BCUT2D eigenvalue weighted by Gasteiger charge is -2.20. The molecule has 0 bridgehead atoms. The van der Waals surface area contributed by atoms with Crippen LogP contribution in [-0.4, -0.2) is 45.4 Å². The lowest BCUT2D eigenvalue weighted by Crippen LogP contribution is -2.38. The number of nitrogens with zero attached hydrogens (tertiary/aromatic N) is 4. The van der Waals surface area contributed by atoms with E-state index in [1.165, 1.54) is 0 Å². The second-order valence-electron chi connectivity index (χ2n) is 5.72. The quantitative estimate of drug-likeness (QED) is 0.845. The SMILES string of the molecule is CCN(CC)CC(=O)N[C@H](C)c1cnc(-c2ccncc2)nc1C. The third-order valence-electron chi connectivity index (χ3n) is 4.06. The first-order valence-electron chi connectivity index (χ1n) is 8.30. The van der Waals surface area contributed by atoms with Crippen molar-refractivity contribution in [1.82, 2.24) is 25.2 Å². The van der Waals surface area contributed by atoms with Gasteiger partial charge in [-0.3, -0.25) is 14.7 Å². The van der Waals surface area contributed by atoms with E-state index in [1.54, 1.807) is 18.6 Å². The molecule has 0 aromatic carbocycles. The summed E-state index contributed by atoms with van der Waals surface area (Å²) in [4.78, 5) is 27.2. The van der Waals surface area contributed by atoms with Crippen molar-refractivity contribution in [3.63, 3.8) is 0 Å². The molecule has 2 aromatic rings. The molecule has 2 rings (SSSR count). The highest BCUT2D eigenvalue weighted by atomic mass is 16.2. The molecule has 1 amide bonds. The Kier molecular flexibility index (Phi) is 6.37. The minimum absolute atomic E-state index is 0.0174. The topological polar surface area (TPSA) is 71.0 Å². The van der Waals surface area contributed by atoms with E-state index < -0.39 is 0 Å². The van der Waals surface area contributed by atoms with Crippen LogP contribution in [0, 0.1) is 6.92 Å². The molecule has 0 aliphatic heterocycles. The molecule has 0 saturated heterocycles. The Morgan fingerprint density at radius 2 is 1.92 bits per heavy atom. The molecule has 6 heteroatoms. The van der Waals surface area contributed by atoms with Crippen molar-refractivity contribution in [2.75, 3.05) is 19.6 Å². The van der Waals surface area contributed by atoms with Crippen molar-refractivity contribution >= 4 is 5.91 Å². The van der Waals surface area contributed by atoms with Gasteiger partial charge in [0.15, 0.2) is 5.82 Å². The number of carbonyl (C=O) groups is 1. The summed E-state index contributed by atoms with van der Waals surface area (Å²) in [5.41, 5.74) is 2.73. The van der Waals surface area contributed by atoms with E-state index in [2.05, 4.69) is 39.0 Å². The molecule has 24 heavy (non-hydrogen) atoms. The van der Waals surface area contributed by atoms with Crippen molar-refractivity contribution in [3.8, 4) is 11.4 Å². The first kappa shape index (κ1) is 18.0. The highest BCUT2D eigenvalue weighted by Gasteiger charge is 2.15. The van der Waals surface area contributed by atoms with Crippen LogP contribution >= 0.6 is 0 Å². The van der Waals surface area contributed by atoms with Gasteiger partial charge in [0.2, 0.25) is 5.91 Å². The molecular formula is C18H25N5O. The Bertz CT molecular complexity index is 670. The largest absolute Gasteiger partial charge is 0.348 e. The van der Waals surface area contributed by atoms with Crippen LogP contribution < -0.4 is 5.32 Å². The molecular weight excluding hydrogens is 302 g/mol. The van der Waals surface area contributed by atoms with Crippen LogP contribution in [0.2, 0.25) is 0 Å². The minimum Gasteiger partial charge on any atom is -0.348 e. The summed E-state index contributed by atoms with van der Waals surface area (Å²) in [6.07, 6.45) is 5.23. The Labute approximate surface area is 143 Å². The zero-order valence-electron chi connectivity index (χ0n) is 14.8. The molecule has 1 atom stereocenters. The van der Waals surface area contributed by atoms with E-state index in [0.717, 1.165) is 29.9 Å². The summed E-state index contributed by atoms with van der Waals surface area (Å²) in [5.74, 6) is 0.684. The molecule has 0 fully saturated rings. The maximum absolute atomic E-state index is 12.2. The van der Waals surface area contributed by atoms with Gasteiger partial charge in [-0.2, -0.15) is 0 Å². The zero-order valence-corrected chi connectivity index (χ0v) is 14.8. The van der Waals surface area contributed by atoms with Crippen LogP contribution in [0.3, 0.4) is 0 Å². The normalized spacial score (nSPS) is 12.2. The molecule has 2 aromatic heterocycles. The van der Waals surface area contributed by atoms with Crippen LogP contribution in [0.4, 0.5) is 0 Å². The lowest BCUT2D eigenvalue weighted by atomic mass is 10.1. The van der Waals surface area contributed by atoms with Gasteiger partial charge in [-0.05, 0) is 39.1 Å². The number of hydrogen-bond acceptors (Lipinski definition) is 5. The van der Waals surface area contributed by atoms with Crippen molar-refractivity contribution < 1.29 is 4.79 Å². The third-order valence-corrected chi connectivity index (χ3v) is 4.06. The fraction of sp³-hybridized carbons (Fsp3) is 0.444. The third kappa shape index (κ3) is 4.58. The lowest BCUT2D eigenvalue weighted by molar-refractivity contribution is -0.122. The van der Waals surface area contributed by atoms with E-state index >= 15 is 0 Å². The smallest absolute Gasteiger partial charge is 0.234 e. The van der Waals surface area contributed by atoms with Gasteiger partial charge in [0.25, 0.3) is 0 Å². The van der Waals surface area contributed by atoms with Crippen LogP contribution in [0.15, 0.2) is 30.7 Å². The van der Waals surface area contributed by atoms with Gasteiger partial charge < -0.3 is 5.32 Å². The Morgan fingerprint density at radius 1 is 1.25 bits per heavy atom. The predicted octanol–water partition coefficient (Wildman–Crippen LogP) is 2.37. The second-order valence-corrected chi connectivity index (χ2v) is 5.72. The molecule has 0 radical (unpaired) electrons. The zero-order chi connectivity index (χ0) is 17.5. The monoisotopic (exact) mass is 327 g/mol. The number of amides is 1. The summed E-state index contributed by atoms with van der Waals surface area (Å²) < 4.78 is 0. The van der Waals surface area contributed by atoms with E-state index in [1.807, 2.05) is 26.0 Å². The van der Waals surface area contributed by atoms with Gasteiger partial charge in [0, 0.05) is 35.4 Å². The van der Waals surface area contributed by atoms with Crippen LogP contribution in [0.25, 0.3) is 11.4 Å². The van der Waals surface area contributed by atoms with E-state index in [4.69, 9.17) is 0 Å². The van der Waals surface area contributed by atoms with Gasteiger partial charge in [-0.25, -0.2) is 9.97 Å². The number of pyridine rings is 1. The number of nitrogens with one attached hydrogen (secondary N) is 1. The summed E-state index contributed by atoms with van der Waals surface area (Å²) >= 11 is 0. The molecule has 2 heterocycles. The van der Waals surface area contributed by atoms with Gasteiger partial charge in [0.05, 0.1) is 12.6 Å². The summed E-state index contributed by atoms with van der Waals surface area (Å²) in [6.45, 7) is 10.1. The molecule has 0 aliphatic carbocycles. The molecule has 0 saturated carbocycles. The highest BCUT2D eigenvalue weighted by molar-refractivity contribution is 5.78. The maximum atomic E-state index is 12.2. The standard InChI is InChI=1S/C18H25N5O/c1-5-23(6-2)12-17(24)21-13(3)16-11-20-18(22-14(16)4)15-7-9-19-10-8-15/h7-11,13H,5-6,12H2,1-4H3,(H,21,24)/t13-/m1/s1. The number of aryl methyl sites for hydroxylation is 1. The van der Waals surface area contributed by atoms with Crippen LogP contribution in [-0.2, 0) is 4.79 Å². The van der Waals surface area contributed by atoms with Crippen LogP contribution in [0.5, 0.6) is 0 Å². The first-order chi connectivity index (χ1) is 11.5. The second kappa shape index (κ2) is 8.49. The molecule has 0 aliphatic rings. The van der Waals surface area contributed by atoms with Gasteiger partial charge >= 0.3 is 0 Å². The fourth-order valence-electron chi connectivity index (χ4n) is 2.56. The van der Waals surface area contributed by atoms with Gasteiger partial charge in [0.1, 0.15) is 0 Å². The molecule has 128 valence electrons. The number of carbonyl (C=O) groups excluding carboxylic acids is 1. The number of likely N-dealkylation sites (N-methyl/N-ethyl adjacent to an activating group) is 1. The maximum Gasteiger partial charge on any atom is 0.234 e. The van der Waals surface area contributed by atoms with E-state index in [0.29, 0.717) is 12.4 Å². The van der Waals surface area contributed by atoms with Crippen molar-refractivity contribution in [3.05, 3.63) is 42.0 Å². The molecule has 1 N–H and O–H groups in total. The predicted molar refractivity (Wildman–Crippen MR) is 94.3 cm³/mol. The Hall–Kier alpha value is -2.34. The number of rotatable bonds is 7. The highest BCUT2D eigenvalue weighted by Crippen LogP contribution is 2.19. The van der Waals surface area contributed by atoms with Crippen molar-refractivity contribution in [1.29, 1.82) is 0 Å². The Morgan fingerprint density at radius 3 is 2.50 bits per heavy atom. The minimum atomic E-state index is -0.125. The average molecular weight is 327 g/mol. The van der Waals surface area contributed by atoms with E-state index in [-0.39, 0.29) is 11.9 Å². The Balaban J connectivity index is 2.07. The van der Waals surface area contributed by atoms with E-state index in [9.17, 15) is 4.79 Å². The van der Waals surface area contributed by atoms with Gasteiger partial charge in [-0.1, -0.05) is 13.8 Å². The fourth-order valence-corrected chi connectivity index (χ4v) is 2.56. The van der Waals surface area contributed by atoms with Crippen molar-refractivity contribution in [2.24, 2.45) is 0 Å². The van der Waals surface area contributed by atoms with Crippen molar-refractivity contribution in [2.45, 2.75) is 33.7 Å². The summed E-state index contributed by atoms with van der Waals surface area (Å²) in [6, 6.07) is 3.63. The average Bonchev–Trinajstić information content (AvgIpc) is 2.60. The molecule has 0 spiro atoms. The molecule has 0 unspecified atom stereocenters. The van der Waals surface area contributed by atoms with Gasteiger partial charge in [-0.15, -0.1) is 0 Å². The summed E-state index contributed by atoms with van der Waals surface area (Å²) in [7, 11) is 0. The number of hydrogen-bond donors (Lipinski definition) is 1. The summed E-state index contributed by atoms with van der Waals surface area (Å²) in [5, 5.41) is 3.02. The number of aromatic nitrogens is 3. The van der Waals surface area contributed by atoms with Crippen LogP contribution in [0.1, 0.15) is 38.1 Å². The molecule has 6 nitrogen and oxygen atoms in total.